The van der Waals surface area contributed by atoms with Crippen LogP contribution >= 0.6 is 0 Å². The fourth-order valence-electron chi connectivity index (χ4n) is 2.22. The van der Waals surface area contributed by atoms with E-state index < -0.39 is 4.92 Å². The summed E-state index contributed by atoms with van der Waals surface area (Å²) in [7, 11) is 1.75. The summed E-state index contributed by atoms with van der Waals surface area (Å²) in [6.07, 6.45) is 0.273. The fraction of sp³-hybridized carbons (Fsp3) is 0.235. The van der Waals surface area contributed by atoms with Gasteiger partial charge in [0.2, 0.25) is 5.91 Å². The van der Waals surface area contributed by atoms with Gasteiger partial charge in [-0.15, -0.1) is 0 Å². The van der Waals surface area contributed by atoms with Gasteiger partial charge >= 0.3 is 0 Å². The number of amides is 1. The van der Waals surface area contributed by atoms with Crippen LogP contribution in [0.3, 0.4) is 0 Å². The molecular weight excluding hydrogens is 294 g/mol. The monoisotopic (exact) mass is 313 g/mol. The van der Waals surface area contributed by atoms with Gasteiger partial charge in [-0.3, -0.25) is 14.9 Å². The molecule has 0 spiro atoms. The van der Waals surface area contributed by atoms with Gasteiger partial charge < -0.3 is 10.2 Å². The molecule has 0 saturated carbocycles. The van der Waals surface area contributed by atoms with Crippen molar-refractivity contribution in [1.29, 1.82) is 0 Å². The van der Waals surface area contributed by atoms with Crippen molar-refractivity contribution in [3.63, 3.8) is 0 Å². The Morgan fingerprint density at radius 3 is 2.48 bits per heavy atom. The third-order valence-corrected chi connectivity index (χ3v) is 3.44. The third kappa shape index (κ3) is 4.81. The van der Waals surface area contributed by atoms with Gasteiger partial charge in [0.25, 0.3) is 5.69 Å². The topological polar surface area (TPSA) is 75.5 Å². The molecule has 23 heavy (non-hydrogen) atoms. The Hall–Kier alpha value is -2.89. The maximum absolute atomic E-state index is 12.1. The van der Waals surface area contributed by atoms with Gasteiger partial charge in [-0.2, -0.15) is 0 Å². The molecule has 0 saturated heterocycles. The molecule has 0 heterocycles. The number of para-hydroxylation sites is 2. The van der Waals surface area contributed by atoms with E-state index in [0.717, 1.165) is 5.56 Å². The maximum Gasteiger partial charge on any atom is 0.292 e. The molecule has 2 rings (SSSR count). The largest absolute Gasteiger partial charge is 0.379 e. The van der Waals surface area contributed by atoms with Crippen molar-refractivity contribution in [2.24, 2.45) is 0 Å². The second-order valence-electron chi connectivity index (χ2n) is 5.19. The Balaban J connectivity index is 1.84. The molecule has 2 aromatic rings. The minimum absolute atomic E-state index is 0.0117. The van der Waals surface area contributed by atoms with Gasteiger partial charge in [-0.05, 0) is 11.6 Å². The van der Waals surface area contributed by atoms with Crippen LogP contribution in [-0.2, 0) is 11.3 Å². The van der Waals surface area contributed by atoms with Crippen LogP contribution in [0.15, 0.2) is 54.6 Å². The lowest BCUT2D eigenvalue weighted by Gasteiger charge is -2.17. The van der Waals surface area contributed by atoms with E-state index in [9.17, 15) is 14.9 Å². The number of nitro groups is 1. The molecular formula is C17H19N3O3. The molecule has 0 radical (unpaired) electrons. The molecule has 0 aliphatic carbocycles. The summed E-state index contributed by atoms with van der Waals surface area (Å²) in [5.74, 6) is -0.0139. The molecule has 6 nitrogen and oxygen atoms in total. The van der Waals surface area contributed by atoms with Gasteiger partial charge in [0, 0.05) is 32.6 Å². The number of nitro benzene ring substituents is 1. The highest BCUT2D eigenvalue weighted by Crippen LogP contribution is 2.22. The minimum atomic E-state index is -0.439. The predicted octanol–water partition coefficient (Wildman–Crippen LogP) is 3.06. The molecule has 0 fully saturated rings. The Morgan fingerprint density at radius 2 is 1.78 bits per heavy atom. The van der Waals surface area contributed by atoms with Crippen molar-refractivity contribution in [2.75, 3.05) is 18.9 Å². The molecule has 0 aliphatic rings. The first kappa shape index (κ1) is 16.5. The van der Waals surface area contributed by atoms with Crippen molar-refractivity contribution >= 4 is 17.3 Å². The molecule has 120 valence electrons. The lowest BCUT2D eigenvalue weighted by Crippen LogP contribution is -2.27. The summed E-state index contributed by atoms with van der Waals surface area (Å²) in [6, 6.07) is 16.1. The average molecular weight is 313 g/mol. The summed E-state index contributed by atoms with van der Waals surface area (Å²) in [5, 5.41) is 13.9. The fourth-order valence-corrected chi connectivity index (χ4v) is 2.22. The molecule has 0 atom stereocenters. The van der Waals surface area contributed by atoms with Crippen molar-refractivity contribution < 1.29 is 9.72 Å². The number of nitrogens with zero attached hydrogens (tertiary/aromatic N) is 2. The summed E-state index contributed by atoms with van der Waals surface area (Å²) >= 11 is 0. The number of nitrogens with one attached hydrogen (secondary N) is 1. The first-order valence-corrected chi connectivity index (χ1v) is 7.33. The SMILES string of the molecule is CN(Cc1ccccc1)C(=O)CCNc1ccccc1[N+](=O)[O-]. The second kappa shape index (κ2) is 7.93. The molecule has 2 aromatic carbocycles. The molecule has 0 bridgehead atoms. The van der Waals surface area contributed by atoms with Crippen LogP contribution in [0.4, 0.5) is 11.4 Å². The summed E-state index contributed by atoms with van der Waals surface area (Å²) in [5.41, 5.74) is 1.50. The standard InChI is InChI=1S/C17H19N3O3/c1-19(13-14-7-3-2-4-8-14)17(21)11-12-18-15-9-5-6-10-16(15)20(22)23/h2-10,18H,11-13H2,1H3. The minimum Gasteiger partial charge on any atom is -0.379 e. The van der Waals surface area contributed by atoms with Gasteiger partial charge in [0.1, 0.15) is 5.69 Å². The Labute approximate surface area is 134 Å². The summed E-state index contributed by atoms with van der Waals surface area (Å²) in [4.78, 5) is 24.2. The zero-order valence-electron chi connectivity index (χ0n) is 12.9. The number of hydrogen-bond donors (Lipinski definition) is 1. The van der Waals surface area contributed by atoms with E-state index in [4.69, 9.17) is 0 Å². The highest BCUT2D eigenvalue weighted by atomic mass is 16.6. The lowest BCUT2D eigenvalue weighted by atomic mass is 10.2. The molecule has 0 aliphatic heterocycles. The van der Waals surface area contributed by atoms with Gasteiger partial charge in [-0.1, -0.05) is 42.5 Å². The van der Waals surface area contributed by atoms with E-state index in [2.05, 4.69) is 5.32 Å². The predicted molar refractivity (Wildman–Crippen MR) is 89.1 cm³/mol. The quantitative estimate of drug-likeness (QED) is 0.629. The van der Waals surface area contributed by atoms with E-state index in [1.165, 1.54) is 6.07 Å². The average Bonchev–Trinajstić information content (AvgIpc) is 2.56. The number of hydrogen-bond acceptors (Lipinski definition) is 4. The number of carbonyl (C=O) groups excluding carboxylic acids is 1. The van der Waals surface area contributed by atoms with E-state index >= 15 is 0 Å². The van der Waals surface area contributed by atoms with Gasteiger partial charge in [0.05, 0.1) is 4.92 Å². The van der Waals surface area contributed by atoms with Crippen LogP contribution in [-0.4, -0.2) is 29.3 Å². The zero-order valence-corrected chi connectivity index (χ0v) is 12.9. The van der Waals surface area contributed by atoms with E-state index in [1.54, 1.807) is 30.1 Å². The highest BCUT2D eigenvalue weighted by Gasteiger charge is 2.13. The Morgan fingerprint density at radius 1 is 1.13 bits per heavy atom. The van der Waals surface area contributed by atoms with E-state index in [0.29, 0.717) is 18.8 Å². The number of benzene rings is 2. The maximum atomic E-state index is 12.1. The van der Waals surface area contributed by atoms with Crippen LogP contribution in [0.5, 0.6) is 0 Å². The number of anilines is 1. The molecule has 1 amide bonds. The first-order chi connectivity index (χ1) is 11.1. The summed E-state index contributed by atoms with van der Waals surface area (Å²) < 4.78 is 0. The molecule has 0 aromatic heterocycles. The first-order valence-electron chi connectivity index (χ1n) is 7.33. The third-order valence-electron chi connectivity index (χ3n) is 3.44. The molecule has 0 unspecified atom stereocenters. The van der Waals surface area contributed by atoms with Crippen molar-refractivity contribution in [3.8, 4) is 0 Å². The Kier molecular flexibility index (Phi) is 5.68. The molecule has 6 heteroatoms. The normalized spacial score (nSPS) is 10.1. The van der Waals surface area contributed by atoms with Crippen molar-refractivity contribution in [2.45, 2.75) is 13.0 Å². The van der Waals surface area contributed by atoms with Crippen LogP contribution in [0.2, 0.25) is 0 Å². The lowest BCUT2D eigenvalue weighted by molar-refractivity contribution is -0.384. The number of rotatable bonds is 7. The van der Waals surface area contributed by atoms with Gasteiger partial charge in [-0.25, -0.2) is 0 Å². The van der Waals surface area contributed by atoms with Crippen LogP contribution in [0, 0.1) is 10.1 Å². The Bertz CT molecular complexity index is 674. The summed E-state index contributed by atoms with van der Waals surface area (Å²) in [6.45, 7) is 0.897. The van der Waals surface area contributed by atoms with Crippen LogP contribution in [0.25, 0.3) is 0 Å². The van der Waals surface area contributed by atoms with Crippen molar-refractivity contribution in [1.82, 2.24) is 4.90 Å². The smallest absolute Gasteiger partial charge is 0.292 e. The number of carbonyl (C=O) groups is 1. The van der Waals surface area contributed by atoms with Crippen molar-refractivity contribution in [3.05, 3.63) is 70.3 Å². The second-order valence-corrected chi connectivity index (χ2v) is 5.19. The van der Waals surface area contributed by atoms with Crippen LogP contribution in [0.1, 0.15) is 12.0 Å². The van der Waals surface area contributed by atoms with E-state index in [-0.39, 0.29) is 18.0 Å². The molecule has 1 N–H and O–H groups in total. The highest BCUT2D eigenvalue weighted by molar-refractivity contribution is 5.76. The van der Waals surface area contributed by atoms with Gasteiger partial charge in [0.15, 0.2) is 0 Å². The van der Waals surface area contributed by atoms with E-state index in [1.807, 2.05) is 30.3 Å². The zero-order chi connectivity index (χ0) is 16.7. The van der Waals surface area contributed by atoms with Crippen LogP contribution < -0.4 is 5.32 Å².